The molecule has 0 saturated heterocycles. The van der Waals surface area contributed by atoms with Gasteiger partial charge in [-0.2, -0.15) is 0 Å². The Bertz CT molecular complexity index is 274. The molecule has 0 spiro atoms. The van der Waals surface area contributed by atoms with Crippen molar-refractivity contribution in [2.75, 3.05) is 33.9 Å². The van der Waals surface area contributed by atoms with E-state index in [0.29, 0.717) is 12.5 Å². The molecule has 0 fully saturated rings. The number of methoxy groups -OCH3 is 1. The maximum Gasteiger partial charge on any atom is 0.323 e. The first-order valence-electron chi connectivity index (χ1n) is 7.55. The van der Waals surface area contributed by atoms with Gasteiger partial charge >= 0.3 is 5.97 Å². The maximum absolute atomic E-state index is 11.4. The molecule has 0 aromatic rings. The van der Waals surface area contributed by atoms with Crippen molar-refractivity contribution in [2.45, 2.75) is 58.0 Å². The molecule has 0 aromatic carbocycles. The van der Waals surface area contributed by atoms with Crippen molar-refractivity contribution in [3.63, 3.8) is 0 Å². The van der Waals surface area contributed by atoms with Crippen LogP contribution in [0.4, 0.5) is 0 Å². The van der Waals surface area contributed by atoms with Gasteiger partial charge in [-0.3, -0.25) is 4.79 Å². The van der Waals surface area contributed by atoms with Crippen molar-refractivity contribution < 1.29 is 14.6 Å². The van der Waals surface area contributed by atoms with Gasteiger partial charge < -0.3 is 20.1 Å². The van der Waals surface area contributed by atoms with Gasteiger partial charge in [-0.15, -0.1) is 0 Å². The van der Waals surface area contributed by atoms with Gasteiger partial charge in [0.05, 0.1) is 6.61 Å². The van der Waals surface area contributed by atoms with Gasteiger partial charge in [0.1, 0.15) is 5.54 Å². The van der Waals surface area contributed by atoms with E-state index < -0.39 is 11.5 Å². The Morgan fingerprint density at radius 3 is 2.60 bits per heavy atom. The summed E-state index contributed by atoms with van der Waals surface area (Å²) in [5, 5.41) is 12.5. The minimum absolute atomic E-state index is 0.393. The summed E-state index contributed by atoms with van der Waals surface area (Å²) in [6.07, 6.45) is 3.51. The molecule has 2 atom stereocenters. The average Bonchev–Trinajstić information content (AvgIpc) is 2.41. The summed E-state index contributed by atoms with van der Waals surface area (Å²) < 4.78 is 5.13. The molecule has 0 aliphatic rings. The number of carboxylic acid groups (broad SMARTS) is 1. The number of hydrogen-bond acceptors (Lipinski definition) is 4. The molecule has 0 rings (SSSR count). The Morgan fingerprint density at radius 1 is 1.45 bits per heavy atom. The van der Waals surface area contributed by atoms with E-state index in [0.717, 1.165) is 39.0 Å². The second kappa shape index (κ2) is 10.1. The summed E-state index contributed by atoms with van der Waals surface area (Å²) in [6, 6.07) is 0.393. The molecule has 120 valence electrons. The highest BCUT2D eigenvalue weighted by molar-refractivity contribution is 5.78. The molecular formula is C15H32N2O3. The topological polar surface area (TPSA) is 61.8 Å². The predicted molar refractivity (Wildman–Crippen MR) is 82.2 cm³/mol. The van der Waals surface area contributed by atoms with E-state index in [1.807, 2.05) is 6.92 Å². The van der Waals surface area contributed by atoms with E-state index in [-0.39, 0.29) is 0 Å². The Hall–Kier alpha value is -0.650. The molecule has 0 aliphatic carbocycles. The summed E-state index contributed by atoms with van der Waals surface area (Å²) in [5.41, 5.74) is -0.799. The van der Waals surface area contributed by atoms with Gasteiger partial charge in [0, 0.05) is 13.2 Å². The number of nitrogens with one attached hydrogen (secondary N) is 1. The standard InChI is InChI=1S/C15H32N2O3/c1-6-10-16-15(3,14(18)19)9-7-8-11-17(4)13(2)12-20-5/h13,16H,6-12H2,1-5H3,(H,18,19). The number of nitrogens with zero attached hydrogens (tertiary/aromatic N) is 1. The second-order valence-corrected chi connectivity index (χ2v) is 5.81. The number of aliphatic carboxylic acids is 1. The smallest absolute Gasteiger partial charge is 0.323 e. The largest absolute Gasteiger partial charge is 0.480 e. The van der Waals surface area contributed by atoms with Crippen molar-refractivity contribution in [3.8, 4) is 0 Å². The fourth-order valence-corrected chi connectivity index (χ4v) is 2.10. The highest BCUT2D eigenvalue weighted by Gasteiger charge is 2.31. The lowest BCUT2D eigenvalue weighted by Crippen LogP contribution is -2.49. The summed E-state index contributed by atoms with van der Waals surface area (Å²) in [7, 11) is 3.79. The molecule has 2 unspecified atom stereocenters. The van der Waals surface area contributed by atoms with Crippen LogP contribution in [0.25, 0.3) is 0 Å². The van der Waals surface area contributed by atoms with Crippen LogP contribution in [-0.4, -0.2) is 61.4 Å². The van der Waals surface area contributed by atoms with Gasteiger partial charge in [-0.25, -0.2) is 0 Å². The maximum atomic E-state index is 11.4. The lowest BCUT2D eigenvalue weighted by molar-refractivity contribution is -0.144. The van der Waals surface area contributed by atoms with Gasteiger partial charge in [0.2, 0.25) is 0 Å². The third-order valence-electron chi connectivity index (χ3n) is 3.84. The molecule has 0 bridgehead atoms. The van der Waals surface area contributed by atoms with Crippen molar-refractivity contribution in [1.29, 1.82) is 0 Å². The van der Waals surface area contributed by atoms with Crippen LogP contribution in [0, 0.1) is 0 Å². The van der Waals surface area contributed by atoms with Crippen LogP contribution in [0.15, 0.2) is 0 Å². The van der Waals surface area contributed by atoms with Crippen LogP contribution in [-0.2, 0) is 9.53 Å². The first kappa shape index (κ1) is 19.4. The van der Waals surface area contributed by atoms with Gasteiger partial charge in [-0.05, 0) is 59.7 Å². The summed E-state index contributed by atoms with van der Waals surface area (Å²) in [5.74, 6) is -0.757. The van der Waals surface area contributed by atoms with Crippen LogP contribution < -0.4 is 5.32 Å². The first-order chi connectivity index (χ1) is 9.37. The van der Waals surface area contributed by atoms with E-state index in [1.54, 1.807) is 14.0 Å². The minimum Gasteiger partial charge on any atom is -0.480 e. The Morgan fingerprint density at radius 2 is 2.10 bits per heavy atom. The number of hydrogen-bond donors (Lipinski definition) is 2. The second-order valence-electron chi connectivity index (χ2n) is 5.81. The fraction of sp³-hybridized carbons (Fsp3) is 0.933. The molecule has 0 aromatic heterocycles. The van der Waals surface area contributed by atoms with Crippen molar-refractivity contribution in [3.05, 3.63) is 0 Å². The third kappa shape index (κ3) is 7.22. The summed E-state index contributed by atoms with van der Waals surface area (Å²) >= 11 is 0. The van der Waals surface area contributed by atoms with Crippen molar-refractivity contribution in [2.24, 2.45) is 0 Å². The Labute approximate surface area is 123 Å². The number of unbranched alkanes of at least 4 members (excludes halogenated alkanes) is 1. The summed E-state index contributed by atoms with van der Waals surface area (Å²) in [4.78, 5) is 13.6. The zero-order valence-electron chi connectivity index (χ0n) is 13.7. The Kier molecular flexibility index (Phi) is 9.80. The van der Waals surface area contributed by atoms with Crippen LogP contribution in [0.1, 0.15) is 46.5 Å². The lowest BCUT2D eigenvalue weighted by atomic mass is 9.94. The van der Waals surface area contributed by atoms with Gasteiger partial charge in [-0.1, -0.05) is 6.92 Å². The monoisotopic (exact) mass is 288 g/mol. The zero-order chi connectivity index (χ0) is 15.6. The number of rotatable bonds is 12. The number of carbonyl (C=O) groups is 1. The van der Waals surface area contributed by atoms with Crippen molar-refractivity contribution in [1.82, 2.24) is 10.2 Å². The highest BCUT2D eigenvalue weighted by atomic mass is 16.5. The lowest BCUT2D eigenvalue weighted by Gasteiger charge is -2.27. The molecule has 0 radical (unpaired) electrons. The zero-order valence-corrected chi connectivity index (χ0v) is 13.7. The van der Waals surface area contributed by atoms with Gasteiger partial charge in [0.15, 0.2) is 0 Å². The van der Waals surface area contributed by atoms with Crippen LogP contribution in [0.5, 0.6) is 0 Å². The van der Waals surface area contributed by atoms with Crippen LogP contribution in [0.2, 0.25) is 0 Å². The molecule has 2 N–H and O–H groups in total. The van der Waals surface area contributed by atoms with E-state index >= 15 is 0 Å². The van der Waals surface area contributed by atoms with Crippen LogP contribution in [0.3, 0.4) is 0 Å². The number of carboxylic acids is 1. The molecule has 5 heteroatoms. The van der Waals surface area contributed by atoms with E-state index in [1.165, 1.54) is 0 Å². The molecule has 0 heterocycles. The molecule has 20 heavy (non-hydrogen) atoms. The minimum atomic E-state index is -0.799. The van der Waals surface area contributed by atoms with Gasteiger partial charge in [0.25, 0.3) is 0 Å². The quantitative estimate of drug-likeness (QED) is 0.538. The van der Waals surface area contributed by atoms with E-state index in [9.17, 15) is 9.90 Å². The SMILES string of the molecule is CCCNC(C)(CCCCN(C)C(C)COC)C(=O)O. The predicted octanol–water partition coefficient (Wildman–Crippen LogP) is 1.97. The average molecular weight is 288 g/mol. The van der Waals surface area contributed by atoms with E-state index in [2.05, 4.69) is 24.2 Å². The van der Waals surface area contributed by atoms with E-state index in [4.69, 9.17) is 4.74 Å². The fourth-order valence-electron chi connectivity index (χ4n) is 2.10. The summed E-state index contributed by atoms with van der Waals surface area (Å²) in [6.45, 7) is 8.39. The normalized spacial score (nSPS) is 16.1. The number of ether oxygens (including phenoxy) is 1. The Balaban J connectivity index is 4.03. The highest BCUT2D eigenvalue weighted by Crippen LogP contribution is 2.15. The molecular weight excluding hydrogens is 256 g/mol. The molecule has 0 saturated carbocycles. The molecule has 0 aliphatic heterocycles. The molecule has 5 nitrogen and oxygen atoms in total. The van der Waals surface area contributed by atoms with Crippen LogP contribution >= 0.6 is 0 Å². The molecule has 0 amide bonds. The van der Waals surface area contributed by atoms with Crippen molar-refractivity contribution >= 4 is 5.97 Å². The first-order valence-corrected chi connectivity index (χ1v) is 7.55. The number of likely N-dealkylation sites (N-methyl/N-ethyl adjacent to an activating group) is 1. The third-order valence-corrected chi connectivity index (χ3v) is 3.84.